The van der Waals surface area contributed by atoms with Crippen LogP contribution >= 0.6 is 11.8 Å². The quantitative estimate of drug-likeness (QED) is 0.119. The molecule has 0 bridgehead atoms. The molecule has 5 nitrogen and oxygen atoms in total. The highest BCUT2D eigenvalue weighted by molar-refractivity contribution is 8.18. The fourth-order valence-electron chi connectivity index (χ4n) is 4.37. The highest BCUT2D eigenvalue weighted by Gasteiger charge is 2.34. The molecule has 5 aromatic rings. The number of amides is 1. The van der Waals surface area contributed by atoms with Gasteiger partial charge in [0.2, 0.25) is 0 Å². The first-order chi connectivity index (χ1) is 19.7. The van der Waals surface area contributed by atoms with Crippen LogP contribution in [0.15, 0.2) is 147 Å². The Labute approximate surface area is 237 Å². The molecule has 0 radical (unpaired) electrons. The Morgan fingerprint density at radius 1 is 0.675 bits per heavy atom. The van der Waals surface area contributed by atoms with E-state index in [0.29, 0.717) is 15.8 Å². The first-order valence-corrected chi connectivity index (χ1v) is 13.7. The lowest BCUT2D eigenvalue weighted by Gasteiger charge is -2.12. The van der Waals surface area contributed by atoms with Crippen LogP contribution in [0.25, 0.3) is 28.3 Å². The van der Waals surface area contributed by atoms with Gasteiger partial charge in [0.25, 0.3) is 5.91 Å². The maximum absolute atomic E-state index is 13.4. The van der Waals surface area contributed by atoms with Crippen LogP contribution in [0.1, 0.15) is 16.9 Å². The maximum Gasteiger partial charge on any atom is 0.267 e. The number of carbonyl (C=O) groups is 1. The Hall–Kier alpha value is -4.94. The van der Waals surface area contributed by atoms with E-state index in [1.807, 2.05) is 78.9 Å². The van der Waals surface area contributed by atoms with Gasteiger partial charge in [0.1, 0.15) is 5.76 Å². The molecule has 0 saturated carbocycles. The van der Waals surface area contributed by atoms with Crippen LogP contribution in [0.4, 0.5) is 0 Å². The Morgan fingerprint density at radius 3 is 1.82 bits per heavy atom. The smallest absolute Gasteiger partial charge is 0.267 e. The topological polar surface area (TPSA) is 58.2 Å². The molecule has 40 heavy (non-hydrogen) atoms. The summed E-state index contributed by atoms with van der Waals surface area (Å²) >= 11 is 1.31. The molecule has 6 heteroatoms. The average Bonchev–Trinajstić information content (AvgIpc) is 3.63. The zero-order valence-corrected chi connectivity index (χ0v) is 22.4. The van der Waals surface area contributed by atoms with Gasteiger partial charge in [0.15, 0.2) is 5.17 Å². The largest absolute Gasteiger partial charge is 0.467 e. The highest BCUT2D eigenvalue weighted by atomic mass is 32.2. The van der Waals surface area contributed by atoms with Gasteiger partial charge in [-0.15, -0.1) is 5.10 Å². The maximum atomic E-state index is 13.4. The van der Waals surface area contributed by atoms with E-state index >= 15 is 0 Å². The molecule has 0 N–H and O–H groups in total. The van der Waals surface area contributed by atoms with Gasteiger partial charge >= 0.3 is 0 Å². The Morgan fingerprint density at radius 2 is 1.25 bits per heavy atom. The first-order valence-electron chi connectivity index (χ1n) is 12.9. The minimum absolute atomic E-state index is 0.130. The number of carbonyl (C=O) groups excluding carboxylic acids is 1. The normalized spacial score (nSPS) is 15.5. The number of thioether (sulfide) groups is 1. The molecule has 0 aliphatic carbocycles. The fourth-order valence-corrected chi connectivity index (χ4v) is 5.31. The molecule has 1 aliphatic heterocycles. The van der Waals surface area contributed by atoms with E-state index < -0.39 is 0 Å². The second kappa shape index (κ2) is 11.8. The molecule has 194 valence electrons. The summed E-state index contributed by atoms with van der Waals surface area (Å²) in [5.41, 5.74) is 6.44. The van der Waals surface area contributed by atoms with Crippen molar-refractivity contribution in [1.82, 2.24) is 4.90 Å². The van der Waals surface area contributed by atoms with Crippen molar-refractivity contribution < 1.29 is 9.21 Å². The summed E-state index contributed by atoms with van der Waals surface area (Å²) < 4.78 is 5.51. The molecular formula is C34H25N3O2S. The van der Waals surface area contributed by atoms with Crippen molar-refractivity contribution in [1.29, 1.82) is 0 Å². The van der Waals surface area contributed by atoms with Crippen molar-refractivity contribution in [3.63, 3.8) is 0 Å². The van der Waals surface area contributed by atoms with Crippen LogP contribution in [0.3, 0.4) is 0 Å². The molecule has 1 saturated heterocycles. The summed E-state index contributed by atoms with van der Waals surface area (Å²) in [5.74, 6) is 0.547. The van der Waals surface area contributed by atoms with Gasteiger partial charge in [-0.25, -0.2) is 0 Å². The SMILES string of the molecule is O=C1/C(=C/c2ccc(-c3ccccc3)cc2)S/C(=N/N=C\c2ccc(-c3ccccc3)cc2)N1Cc1ccco1. The lowest BCUT2D eigenvalue weighted by Crippen LogP contribution is -2.28. The Kier molecular flexibility index (Phi) is 7.51. The van der Waals surface area contributed by atoms with E-state index in [0.717, 1.165) is 33.4 Å². The van der Waals surface area contributed by atoms with Crippen molar-refractivity contribution in [2.24, 2.45) is 10.2 Å². The predicted molar refractivity (Wildman–Crippen MR) is 164 cm³/mol. The van der Waals surface area contributed by atoms with Crippen LogP contribution < -0.4 is 0 Å². The van der Waals surface area contributed by atoms with E-state index in [-0.39, 0.29) is 12.5 Å². The number of nitrogens with zero attached hydrogens (tertiary/aromatic N) is 3. The third-order valence-corrected chi connectivity index (χ3v) is 7.46. The minimum Gasteiger partial charge on any atom is -0.467 e. The van der Waals surface area contributed by atoms with Crippen LogP contribution in [-0.2, 0) is 11.3 Å². The molecule has 0 unspecified atom stereocenters. The van der Waals surface area contributed by atoms with Crippen LogP contribution in [0.2, 0.25) is 0 Å². The summed E-state index contributed by atoms with van der Waals surface area (Å²) in [4.78, 5) is 15.6. The van der Waals surface area contributed by atoms with Gasteiger partial charge in [-0.2, -0.15) is 5.10 Å². The minimum atomic E-state index is -0.130. The van der Waals surface area contributed by atoms with E-state index in [1.54, 1.807) is 17.4 Å². The molecule has 0 atom stereocenters. The highest BCUT2D eigenvalue weighted by Crippen LogP contribution is 2.34. The van der Waals surface area contributed by atoms with Gasteiger partial charge in [-0.3, -0.25) is 9.69 Å². The van der Waals surface area contributed by atoms with Crippen LogP contribution in [0.5, 0.6) is 0 Å². The van der Waals surface area contributed by atoms with Gasteiger partial charge in [0.05, 0.1) is 23.9 Å². The third-order valence-electron chi connectivity index (χ3n) is 6.47. The molecule has 6 rings (SSSR count). The van der Waals surface area contributed by atoms with Crippen molar-refractivity contribution in [2.75, 3.05) is 0 Å². The number of rotatable bonds is 7. The number of hydrogen-bond acceptors (Lipinski definition) is 5. The molecule has 4 aromatic carbocycles. The molecule has 2 heterocycles. The Balaban J connectivity index is 1.22. The molecule has 1 aliphatic rings. The first kappa shape index (κ1) is 25.3. The van der Waals surface area contributed by atoms with E-state index in [9.17, 15) is 4.79 Å². The number of hydrogen-bond donors (Lipinski definition) is 0. The van der Waals surface area contributed by atoms with E-state index in [2.05, 4.69) is 58.7 Å². The molecular weight excluding hydrogens is 514 g/mol. The number of amidine groups is 1. The molecule has 1 aromatic heterocycles. The standard InChI is InChI=1S/C34H25N3O2S/c38-33-32(22-25-13-17-29(18-14-25)27-8-3-1-4-9-27)40-34(37(33)24-31-12-7-21-39-31)36-35-23-26-15-19-30(20-16-26)28-10-5-2-6-11-28/h1-23H,24H2/b32-22-,35-23-,36-34+. The van der Waals surface area contributed by atoms with Gasteiger partial charge in [0, 0.05) is 0 Å². The summed E-state index contributed by atoms with van der Waals surface area (Å²) in [7, 11) is 0. The third kappa shape index (κ3) is 5.87. The average molecular weight is 540 g/mol. The second-order valence-electron chi connectivity index (χ2n) is 9.18. The Bertz CT molecular complexity index is 1670. The van der Waals surface area contributed by atoms with Crippen molar-refractivity contribution >= 4 is 35.1 Å². The van der Waals surface area contributed by atoms with Crippen molar-refractivity contribution in [3.8, 4) is 22.3 Å². The van der Waals surface area contributed by atoms with Crippen LogP contribution in [-0.4, -0.2) is 22.2 Å². The second-order valence-corrected chi connectivity index (χ2v) is 10.2. The molecule has 0 spiro atoms. The van der Waals surface area contributed by atoms with Gasteiger partial charge in [-0.05, 0) is 63.4 Å². The lowest BCUT2D eigenvalue weighted by molar-refractivity contribution is -0.122. The monoisotopic (exact) mass is 539 g/mol. The lowest BCUT2D eigenvalue weighted by atomic mass is 10.0. The molecule has 1 fully saturated rings. The summed E-state index contributed by atoms with van der Waals surface area (Å²) in [6.45, 7) is 0.281. The summed E-state index contributed by atoms with van der Waals surface area (Å²) in [6, 6.07) is 40.4. The van der Waals surface area contributed by atoms with Crippen molar-refractivity contribution in [3.05, 3.63) is 149 Å². The van der Waals surface area contributed by atoms with Crippen LogP contribution in [0, 0.1) is 0 Å². The number of benzene rings is 4. The van der Waals surface area contributed by atoms with Gasteiger partial charge < -0.3 is 4.42 Å². The van der Waals surface area contributed by atoms with E-state index in [1.165, 1.54) is 11.8 Å². The van der Waals surface area contributed by atoms with E-state index in [4.69, 9.17) is 4.42 Å². The van der Waals surface area contributed by atoms with Gasteiger partial charge in [-0.1, -0.05) is 109 Å². The predicted octanol–water partition coefficient (Wildman–Crippen LogP) is 8.12. The summed E-state index contributed by atoms with van der Waals surface area (Å²) in [6.07, 6.45) is 5.19. The van der Waals surface area contributed by atoms with Crippen molar-refractivity contribution in [2.45, 2.75) is 6.54 Å². The zero-order valence-electron chi connectivity index (χ0n) is 21.6. The number of furan rings is 1. The fraction of sp³-hybridized carbons (Fsp3) is 0.0294. The zero-order chi connectivity index (χ0) is 27.1. The summed E-state index contributed by atoms with van der Waals surface area (Å²) in [5, 5.41) is 9.25. The molecule has 1 amide bonds.